The molecule has 18 heavy (non-hydrogen) atoms. The lowest BCUT2D eigenvalue weighted by molar-refractivity contribution is 0.439. The molecule has 2 aliphatic carbocycles. The van der Waals surface area contributed by atoms with E-state index in [1.165, 1.54) is 31.9 Å². The third-order valence-corrected chi connectivity index (χ3v) is 5.52. The molecule has 2 fully saturated rings. The molecule has 1 aromatic rings. The van der Waals surface area contributed by atoms with E-state index >= 15 is 0 Å². The minimum Gasteiger partial charge on any atom is -0.381 e. The van der Waals surface area contributed by atoms with Crippen molar-refractivity contribution in [2.75, 3.05) is 11.6 Å². The fourth-order valence-corrected chi connectivity index (χ4v) is 4.38. The van der Waals surface area contributed by atoms with E-state index in [1.807, 2.05) is 12.1 Å². The predicted molar refractivity (Wildman–Crippen MR) is 72.4 cm³/mol. The lowest BCUT2D eigenvalue weighted by Gasteiger charge is -2.25. The van der Waals surface area contributed by atoms with Crippen molar-refractivity contribution in [1.29, 1.82) is 0 Å². The van der Waals surface area contributed by atoms with Gasteiger partial charge in [0.25, 0.3) is 0 Å². The zero-order chi connectivity index (χ0) is 12.8. The van der Waals surface area contributed by atoms with Crippen LogP contribution in [0, 0.1) is 11.8 Å². The van der Waals surface area contributed by atoms with Crippen molar-refractivity contribution in [2.45, 2.75) is 36.6 Å². The molecule has 1 N–H and O–H groups in total. The minimum atomic E-state index is -3.15. The second-order valence-corrected chi connectivity index (χ2v) is 7.68. The summed E-state index contributed by atoms with van der Waals surface area (Å²) in [5.41, 5.74) is 0.776. The maximum Gasteiger partial charge on any atom is 0.177 e. The van der Waals surface area contributed by atoms with Crippen LogP contribution in [0.4, 0.5) is 5.69 Å². The van der Waals surface area contributed by atoms with Gasteiger partial charge < -0.3 is 5.32 Å². The van der Waals surface area contributed by atoms with Crippen LogP contribution in [0.3, 0.4) is 0 Å². The molecular formula is C14H19NO2S. The Labute approximate surface area is 109 Å². The average Bonchev–Trinajstić information content (AvgIpc) is 2.90. The molecule has 2 saturated carbocycles. The quantitative estimate of drug-likeness (QED) is 0.914. The summed E-state index contributed by atoms with van der Waals surface area (Å²) in [5, 5.41) is 3.47. The Bertz CT molecular complexity index is 553. The Kier molecular flexibility index (Phi) is 2.85. The molecule has 4 heteroatoms. The first-order chi connectivity index (χ1) is 8.54. The van der Waals surface area contributed by atoms with E-state index in [9.17, 15) is 8.42 Å². The van der Waals surface area contributed by atoms with Crippen LogP contribution in [0.1, 0.15) is 25.7 Å². The van der Waals surface area contributed by atoms with Crippen LogP contribution in [-0.2, 0) is 9.84 Å². The number of hydrogen-bond acceptors (Lipinski definition) is 3. The van der Waals surface area contributed by atoms with Crippen molar-refractivity contribution in [3.8, 4) is 0 Å². The van der Waals surface area contributed by atoms with Crippen LogP contribution < -0.4 is 5.32 Å². The summed E-state index contributed by atoms with van der Waals surface area (Å²) in [6.45, 7) is 0. The van der Waals surface area contributed by atoms with Gasteiger partial charge in [0.1, 0.15) is 0 Å². The molecule has 0 spiro atoms. The first-order valence-electron chi connectivity index (χ1n) is 6.59. The fraction of sp³-hybridized carbons (Fsp3) is 0.571. The lowest BCUT2D eigenvalue weighted by Crippen LogP contribution is -2.26. The van der Waals surface area contributed by atoms with Gasteiger partial charge in [-0.15, -0.1) is 0 Å². The van der Waals surface area contributed by atoms with Crippen LogP contribution in [0.15, 0.2) is 29.2 Å². The van der Waals surface area contributed by atoms with Crippen molar-refractivity contribution < 1.29 is 8.42 Å². The van der Waals surface area contributed by atoms with E-state index in [2.05, 4.69) is 5.32 Å². The van der Waals surface area contributed by atoms with Crippen LogP contribution >= 0.6 is 0 Å². The third kappa shape index (κ3) is 2.14. The molecule has 2 bridgehead atoms. The molecule has 0 aliphatic heterocycles. The van der Waals surface area contributed by atoms with Gasteiger partial charge in [0.05, 0.1) is 10.6 Å². The predicted octanol–water partition coefficient (Wildman–Crippen LogP) is 2.69. The topological polar surface area (TPSA) is 46.2 Å². The molecule has 0 aromatic heterocycles. The molecule has 1 aromatic carbocycles. The molecule has 3 rings (SSSR count). The summed E-state index contributed by atoms with van der Waals surface area (Å²) in [7, 11) is -3.15. The van der Waals surface area contributed by atoms with Gasteiger partial charge in [-0.05, 0) is 43.2 Å². The van der Waals surface area contributed by atoms with E-state index in [4.69, 9.17) is 0 Å². The normalized spacial score (nSPS) is 30.6. The summed E-state index contributed by atoms with van der Waals surface area (Å²) in [4.78, 5) is 0.424. The van der Waals surface area contributed by atoms with Crippen molar-refractivity contribution in [3.05, 3.63) is 24.3 Å². The monoisotopic (exact) mass is 265 g/mol. The zero-order valence-corrected chi connectivity index (χ0v) is 11.4. The number of hydrogen-bond donors (Lipinski definition) is 1. The van der Waals surface area contributed by atoms with Crippen LogP contribution in [0.5, 0.6) is 0 Å². The number of sulfone groups is 1. The maximum absolute atomic E-state index is 11.7. The number of rotatable bonds is 3. The average molecular weight is 265 g/mol. The van der Waals surface area contributed by atoms with Gasteiger partial charge in [-0.25, -0.2) is 8.42 Å². The summed E-state index contributed by atoms with van der Waals surface area (Å²) < 4.78 is 23.5. The SMILES string of the molecule is CS(=O)(=O)c1ccccc1NC1CC2CCC1C2. The molecule has 0 heterocycles. The third-order valence-electron chi connectivity index (χ3n) is 4.37. The summed E-state index contributed by atoms with van der Waals surface area (Å²) in [5.74, 6) is 1.60. The number of fused-ring (bicyclic) bond motifs is 2. The van der Waals surface area contributed by atoms with Gasteiger partial charge >= 0.3 is 0 Å². The Morgan fingerprint density at radius 2 is 1.94 bits per heavy atom. The first-order valence-corrected chi connectivity index (χ1v) is 8.49. The lowest BCUT2D eigenvalue weighted by atomic mass is 9.95. The second kappa shape index (κ2) is 4.26. The summed E-state index contributed by atoms with van der Waals surface area (Å²) in [6, 6.07) is 7.70. The molecule has 98 valence electrons. The van der Waals surface area contributed by atoms with Gasteiger partial charge in [-0.1, -0.05) is 18.6 Å². The van der Waals surface area contributed by atoms with E-state index < -0.39 is 9.84 Å². The van der Waals surface area contributed by atoms with Crippen molar-refractivity contribution in [3.63, 3.8) is 0 Å². The highest BCUT2D eigenvalue weighted by Crippen LogP contribution is 2.45. The molecule has 3 unspecified atom stereocenters. The fourth-order valence-electron chi connectivity index (χ4n) is 3.53. The molecule has 0 saturated heterocycles. The van der Waals surface area contributed by atoms with Crippen LogP contribution in [0.25, 0.3) is 0 Å². The Morgan fingerprint density at radius 1 is 1.17 bits per heavy atom. The highest BCUT2D eigenvalue weighted by atomic mass is 32.2. The number of anilines is 1. The van der Waals surface area contributed by atoms with Crippen molar-refractivity contribution in [1.82, 2.24) is 0 Å². The Balaban J connectivity index is 1.85. The molecule has 0 radical (unpaired) electrons. The smallest absolute Gasteiger partial charge is 0.177 e. The molecule has 0 amide bonds. The summed E-state index contributed by atoms with van der Waals surface area (Å²) >= 11 is 0. The van der Waals surface area contributed by atoms with Gasteiger partial charge in [0, 0.05) is 12.3 Å². The van der Waals surface area contributed by atoms with Crippen LogP contribution in [-0.4, -0.2) is 20.7 Å². The largest absolute Gasteiger partial charge is 0.381 e. The zero-order valence-electron chi connectivity index (χ0n) is 10.6. The molecule has 3 atom stereocenters. The highest BCUT2D eigenvalue weighted by molar-refractivity contribution is 7.90. The highest BCUT2D eigenvalue weighted by Gasteiger charge is 2.39. The maximum atomic E-state index is 11.7. The summed E-state index contributed by atoms with van der Waals surface area (Å²) in [6.07, 6.45) is 6.44. The van der Waals surface area contributed by atoms with Gasteiger partial charge in [0.15, 0.2) is 9.84 Å². The molecule has 2 aliphatic rings. The van der Waals surface area contributed by atoms with E-state index in [1.54, 1.807) is 12.1 Å². The first kappa shape index (κ1) is 12.0. The number of benzene rings is 1. The van der Waals surface area contributed by atoms with E-state index in [-0.39, 0.29) is 0 Å². The van der Waals surface area contributed by atoms with Crippen molar-refractivity contribution >= 4 is 15.5 Å². The van der Waals surface area contributed by atoms with Crippen molar-refractivity contribution in [2.24, 2.45) is 11.8 Å². The van der Waals surface area contributed by atoms with Gasteiger partial charge in [-0.3, -0.25) is 0 Å². The number of para-hydroxylation sites is 1. The van der Waals surface area contributed by atoms with Gasteiger partial charge in [-0.2, -0.15) is 0 Å². The minimum absolute atomic E-state index is 0.424. The second-order valence-electron chi connectivity index (χ2n) is 5.69. The molecule has 3 nitrogen and oxygen atoms in total. The Hall–Kier alpha value is -1.03. The van der Waals surface area contributed by atoms with Gasteiger partial charge in [0.2, 0.25) is 0 Å². The number of nitrogens with one attached hydrogen (secondary N) is 1. The Morgan fingerprint density at radius 3 is 2.56 bits per heavy atom. The molecular weight excluding hydrogens is 246 g/mol. The van der Waals surface area contributed by atoms with E-state index in [0.29, 0.717) is 10.9 Å². The standard InChI is InChI=1S/C14H19NO2S/c1-18(16,17)14-5-3-2-4-12(14)15-13-9-10-6-7-11(13)8-10/h2-5,10-11,13,15H,6-9H2,1H3. The van der Waals surface area contributed by atoms with Crippen LogP contribution in [0.2, 0.25) is 0 Å². The van der Waals surface area contributed by atoms with E-state index in [0.717, 1.165) is 17.5 Å².